The predicted molar refractivity (Wildman–Crippen MR) is 163 cm³/mol. The van der Waals surface area contributed by atoms with Crippen molar-refractivity contribution in [3.8, 4) is 23.2 Å². The molecule has 3 heterocycles. The smallest absolute Gasteiger partial charge is 0.335 e. The third-order valence-corrected chi connectivity index (χ3v) is 8.49. The van der Waals surface area contributed by atoms with Gasteiger partial charge in [0, 0.05) is 28.5 Å². The molecule has 3 aromatic carbocycles. The number of rotatable bonds is 8. The van der Waals surface area contributed by atoms with Crippen molar-refractivity contribution in [3.63, 3.8) is 0 Å². The molecule has 1 saturated heterocycles. The van der Waals surface area contributed by atoms with E-state index in [1.807, 2.05) is 19.9 Å². The van der Waals surface area contributed by atoms with E-state index in [9.17, 15) is 14.3 Å². The molecule has 47 heavy (non-hydrogen) atoms. The third-order valence-electron chi connectivity index (χ3n) is 8.20. The first-order chi connectivity index (χ1) is 22.4. The van der Waals surface area contributed by atoms with Crippen LogP contribution in [0.5, 0.6) is 5.88 Å². The summed E-state index contributed by atoms with van der Waals surface area (Å²) in [6.07, 6.45) is -0.447. The van der Waals surface area contributed by atoms with Crippen LogP contribution < -0.4 is 4.74 Å². The summed E-state index contributed by atoms with van der Waals surface area (Å²) in [7, 11) is 0. The van der Waals surface area contributed by atoms with Crippen molar-refractivity contribution in [2.45, 2.75) is 32.9 Å². The van der Waals surface area contributed by atoms with Gasteiger partial charge in [-0.05, 0) is 48.5 Å². The lowest BCUT2D eigenvalue weighted by Gasteiger charge is -2.28. The Morgan fingerprint density at radius 2 is 1.87 bits per heavy atom. The lowest BCUT2D eigenvalue weighted by Crippen LogP contribution is -2.27. The Balaban J connectivity index is 1.35. The van der Waals surface area contributed by atoms with E-state index < -0.39 is 52.2 Å². The summed E-state index contributed by atoms with van der Waals surface area (Å²) in [5, 5.41) is 18.5. The van der Waals surface area contributed by atoms with E-state index in [0.29, 0.717) is 17.6 Å². The van der Waals surface area contributed by atoms with Gasteiger partial charge in [0.15, 0.2) is 11.6 Å². The molecule has 1 unspecified atom stereocenters. The number of hydrogen-bond acceptors (Lipinski definition) is 6. The van der Waals surface area contributed by atoms with Gasteiger partial charge in [-0.2, -0.15) is 5.26 Å². The molecule has 2 aromatic heterocycles. The number of aromatic nitrogens is 3. The van der Waals surface area contributed by atoms with Gasteiger partial charge in [0.05, 0.1) is 53.2 Å². The number of carbonyl (C=O) groups is 1. The Morgan fingerprint density at radius 1 is 1.09 bits per heavy atom. The number of halogens is 5. The van der Waals surface area contributed by atoms with Gasteiger partial charge < -0.3 is 19.1 Å². The number of fused-ring (bicyclic) bond motifs is 1. The number of benzene rings is 3. The molecule has 0 radical (unpaired) electrons. The molecular weight excluding hydrogens is 640 g/mol. The van der Waals surface area contributed by atoms with Crippen LogP contribution in [0.2, 0.25) is 5.02 Å². The molecule has 1 N–H and O–H groups in total. The number of imidazole rings is 1. The second-order valence-corrected chi connectivity index (χ2v) is 12.2. The molecule has 0 bridgehead atoms. The molecule has 1 aliphatic heterocycles. The van der Waals surface area contributed by atoms with Gasteiger partial charge in [-0.15, -0.1) is 0 Å². The zero-order valence-electron chi connectivity index (χ0n) is 25.0. The molecule has 0 aliphatic carbocycles. The minimum Gasteiger partial charge on any atom is -0.478 e. The van der Waals surface area contributed by atoms with E-state index in [-0.39, 0.29) is 58.4 Å². The van der Waals surface area contributed by atoms with Crippen LogP contribution in [0, 0.1) is 40.0 Å². The SMILES string of the molecule is CC1(C)COCC1n1c(Cc2c(F)cc(-c3ccc(Cl)c(OCc4ccc(C#N)cc4F)n3)c(F)c2F)nc2ccc(C(=O)O)cc21. The summed E-state index contributed by atoms with van der Waals surface area (Å²) >= 11 is 6.19. The van der Waals surface area contributed by atoms with Crippen LogP contribution in [0.4, 0.5) is 17.6 Å². The topological polar surface area (TPSA) is 110 Å². The van der Waals surface area contributed by atoms with Gasteiger partial charge in [-0.3, -0.25) is 0 Å². The van der Waals surface area contributed by atoms with Crippen LogP contribution in [0.1, 0.15) is 52.8 Å². The molecule has 1 fully saturated rings. The van der Waals surface area contributed by atoms with Crippen molar-refractivity contribution in [1.82, 2.24) is 14.5 Å². The molecule has 5 aromatic rings. The van der Waals surface area contributed by atoms with Crippen LogP contribution in [0.3, 0.4) is 0 Å². The number of ether oxygens (including phenoxy) is 2. The molecule has 240 valence electrons. The summed E-state index contributed by atoms with van der Waals surface area (Å²) in [5.41, 5.74) is -0.630. The zero-order valence-corrected chi connectivity index (χ0v) is 25.7. The van der Waals surface area contributed by atoms with Gasteiger partial charge in [0.2, 0.25) is 5.88 Å². The van der Waals surface area contributed by atoms with Gasteiger partial charge >= 0.3 is 5.97 Å². The predicted octanol–water partition coefficient (Wildman–Crippen LogP) is 7.65. The van der Waals surface area contributed by atoms with E-state index in [0.717, 1.165) is 12.1 Å². The molecule has 13 heteroatoms. The zero-order chi connectivity index (χ0) is 33.6. The fourth-order valence-corrected chi connectivity index (χ4v) is 5.78. The highest BCUT2D eigenvalue weighted by Gasteiger charge is 2.39. The number of aromatic carboxylic acids is 1. The molecule has 0 spiro atoms. The Hall–Kier alpha value is -4.99. The quantitative estimate of drug-likeness (QED) is 0.134. The first kappa shape index (κ1) is 32.0. The molecular formula is C34H25ClF4N4O4. The first-order valence-corrected chi connectivity index (χ1v) is 14.7. The van der Waals surface area contributed by atoms with Gasteiger partial charge in [-0.1, -0.05) is 31.5 Å². The summed E-state index contributed by atoms with van der Waals surface area (Å²) < 4.78 is 74.4. The molecule has 6 rings (SSSR count). The first-order valence-electron chi connectivity index (χ1n) is 14.3. The van der Waals surface area contributed by atoms with Crippen LogP contribution in [-0.2, 0) is 17.8 Å². The van der Waals surface area contributed by atoms with Crippen molar-refractivity contribution >= 4 is 28.6 Å². The van der Waals surface area contributed by atoms with E-state index in [1.165, 1.54) is 42.5 Å². The number of carboxylic acid groups (broad SMARTS) is 1. The minimum absolute atomic E-state index is 0.00968. The number of carboxylic acids is 1. The number of hydrogen-bond donors (Lipinski definition) is 1. The fourth-order valence-electron chi connectivity index (χ4n) is 5.62. The summed E-state index contributed by atoms with van der Waals surface area (Å²) in [4.78, 5) is 20.4. The third kappa shape index (κ3) is 6.00. The van der Waals surface area contributed by atoms with Crippen LogP contribution >= 0.6 is 11.6 Å². The molecule has 1 aliphatic rings. The standard InChI is InChI=1S/C34H25ClF4N4O4/c1-34(2)16-46-15-28(34)43-27-10-18(33(44)45)5-7-26(27)41-29(43)12-20-24(37)11-21(31(39)30(20)38)25-8-6-22(35)32(42-25)47-14-19-4-3-17(13-40)9-23(19)36/h3-11,28H,12,14-16H2,1-2H3,(H,44,45). The maximum absolute atomic E-state index is 15.7. The van der Waals surface area contributed by atoms with E-state index >= 15 is 13.2 Å². The molecule has 0 saturated carbocycles. The van der Waals surface area contributed by atoms with E-state index in [4.69, 9.17) is 26.3 Å². The largest absolute Gasteiger partial charge is 0.478 e. The number of nitrogens with zero attached hydrogens (tertiary/aromatic N) is 4. The van der Waals surface area contributed by atoms with Crippen molar-refractivity contribution < 1.29 is 36.9 Å². The monoisotopic (exact) mass is 664 g/mol. The normalized spacial score (nSPS) is 15.6. The Kier molecular flexibility index (Phi) is 8.38. The minimum atomic E-state index is -1.45. The van der Waals surface area contributed by atoms with Crippen molar-refractivity contribution in [2.75, 3.05) is 13.2 Å². The fraction of sp³-hybridized carbons (Fsp3) is 0.235. The number of nitriles is 1. The maximum Gasteiger partial charge on any atom is 0.335 e. The highest BCUT2D eigenvalue weighted by atomic mass is 35.5. The molecule has 8 nitrogen and oxygen atoms in total. The Morgan fingerprint density at radius 3 is 2.55 bits per heavy atom. The highest BCUT2D eigenvalue weighted by Crippen LogP contribution is 2.41. The maximum atomic E-state index is 15.7. The van der Waals surface area contributed by atoms with Gasteiger partial charge in [0.25, 0.3) is 0 Å². The number of pyridine rings is 1. The Bertz CT molecular complexity index is 2110. The van der Waals surface area contributed by atoms with Crippen molar-refractivity contribution in [2.24, 2.45) is 5.41 Å². The summed E-state index contributed by atoms with van der Waals surface area (Å²) in [6, 6.07) is 13.0. The van der Waals surface area contributed by atoms with E-state index in [2.05, 4.69) is 9.97 Å². The Labute approximate surface area is 270 Å². The van der Waals surface area contributed by atoms with Crippen LogP contribution in [0.15, 0.2) is 54.6 Å². The van der Waals surface area contributed by atoms with Crippen LogP contribution in [0.25, 0.3) is 22.3 Å². The lowest BCUT2D eigenvalue weighted by molar-refractivity contribution is 0.0697. The van der Waals surface area contributed by atoms with E-state index in [1.54, 1.807) is 4.57 Å². The summed E-state index contributed by atoms with van der Waals surface area (Å²) in [5.74, 6) is -5.76. The van der Waals surface area contributed by atoms with Crippen molar-refractivity contribution in [3.05, 3.63) is 111 Å². The lowest BCUT2D eigenvalue weighted by atomic mass is 9.87. The average Bonchev–Trinajstić information content (AvgIpc) is 3.58. The summed E-state index contributed by atoms with van der Waals surface area (Å²) in [6.45, 7) is 4.22. The van der Waals surface area contributed by atoms with Gasteiger partial charge in [0.1, 0.15) is 29.1 Å². The molecule has 1 atom stereocenters. The highest BCUT2D eigenvalue weighted by molar-refractivity contribution is 6.31. The van der Waals surface area contributed by atoms with Crippen molar-refractivity contribution in [1.29, 1.82) is 5.26 Å². The second-order valence-electron chi connectivity index (χ2n) is 11.8. The van der Waals surface area contributed by atoms with Gasteiger partial charge in [-0.25, -0.2) is 32.3 Å². The molecule has 0 amide bonds. The van der Waals surface area contributed by atoms with Crippen LogP contribution in [-0.4, -0.2) is 38.8 Å². The average molecular weight is 665 g/mol. The second kappa shape index (κ2) is 12.3.